The highest BCUT2D eigenvalue weighted by Crippen LogP contribution is 2.31. The molecule has 1 aliphatic heterocycles. The first-order chi connectivity index (χ1) is 7.04. The fourth-order valence-electron chi connectivity index (χ4n) is 1.95. The van der Waals surface area contributed by atoms with Crippen LogP contribution in [0.3, 0.4) is 0 Å². The Labute approximate surface area is 91.8 Å². The van der Waals surface area contributed by atoms with Crippen molar-refractivity contribution in [2.24, 2.45) is 5.41 Å². The molecule has 1 nitrogen and oxygen atoms in total. The lowest BCUT2D eigenvalue weighted by Crippen LogP contribution is -2.13. The Balaban J connectivity index is 2.22. The minimum atomic E-state index is 0.335. The largest absolute Gasteiger partial charge is 0.489 e. The van der Waals surface area contributed by atoms with Crippen LogP contribution in [0.15, 0.2) is 29.8 Å². The molecule has 0 atom stereocenters. The van der Waals surface area contributed by atoms with Crippen LogP contribution in [0.2, 0.25) is 0 Å². The third-order valence-electron chi connectivity index (χ3n) is 2.45. The smallest absolute Gasteiger partial charge is 0.127 e. The lowest BCUT2D eigenvalue weighted by molar-refractivity contribution is 0.318. The standard InChI is InChI=1S/C14H18O/c1-14(2,3)9-11-8-12-6-4-5-7-13(12)15-10-11/h4-8H,9-10H2,1-3H3. The van der Waals surface area contributed by atoms with Gasteiger partial charge in [-0.1, -0.05) is 39.0 Å². The molecule has 0 N–H and O–H groups in total. The van der Waals surface area contributed by atoms with Crippen molar-refractivity contribution in [3.63, 3.8) is 0 Å². The predicted octanol–water partition coefficient (Wildman–Crippen LogP) is 3.90. The summed E-state index contributed by atoms with van der Waals surface area (Å²) in [4.78, 5) is 0. The average Bonchev–Trinajstić information content (AvgIpc) is 2.15. The number of para-hydroxylation sites is 1. The van der Waals surface area contributed by atoms with Crippen LogP contribution in [-0.4, -0.2) is 6.61 Å². The van der Waals surface area contributed by atoms with E-state index in [4.69, 9.17) is 4.74 Å². The lowest BCUT2D eigenvalue weighted by Gasteiger charge is -2.24. The van der Waals surface area contributed by atoms with Gasteiger partial charge in [0.15, 0.2) is 0 Å². The van der Waals surface area contributed by atoms with Crippen LogP contribution in [-0.2, 0) is 0 Å². The molecule has 1 aliphatic rings. The molecule has 0 saturated heterocycles. The summed E-state index contributed by atoms with van der Waals surface area (Å²) in [6.45, 7) is 7.52. The van der Waals surface area contributed by atoms with E-state index >= 15 is 0 Å². The molecular formula is C14H18O. The van der Waals surface area contributed by atoms with Crippen LogP contribution in [0.4, 0.5) is 0 Å². The van der Waals surface area contributed by atoms with E-state index in [9.17, 15) is 0 Å². The fraction of sp³-hybridized carbons (Fsp3) is 0.429. The maximum atomic E-state index is 5.71. The number of fused-ring (bicyclic) bond motifs is 1. The van der Waals surface area contributed by atoms with Crippen molar-refractivity contribution in [1.29, 1.82) is 0 Å². The molecule has 0 aromatic heterocycles. The first-order valence-electron chi connectivity index (χ1n) is 5.46. The number of hydrogen-bond acceptors (Lipinski definition) is 1. The van der Waals surface area contributed by atoms with E-state index in [1.807, 2.05) is 12.1 Å². The second kappa shape index (κ2) is 3.73. The fourth-order valence-corrected chi connectivity index (χ4v) is 1.95. The summed E-state index contributed by atoms with van der Waals surface area (Å²) in [5.74, 6) is 1.01. The van der Waals surface area contributed by atoms with Gasteiger partial charge in [-0.15, -0.1) is 0 Å². The van der Waals surface area contributed by atoms with Gasteiger partial charge in [-0.25, -0.2) is 0 Å². The highest BCUT2D eigenvalue weighted by atomic mass is 16.5. The van der Waals surface area contributed by atoms with E-state index in [1.54, 1.807) is 0 Å². The number of benzene rings is 1. The summed E-state index contributed by atoms with van der Waals surface area (Å²) in [6, 6.07) is 8.21. The molecule has 0 amide bonds. The third kappa shape index (κ3) is 2.62. The molecule has 0 unspecified atom stereocenters. The first kappa shape index (κ1) is 10.3. The second-order valence-electron chi connectivity index (χ2n) is 5.37. The maximum Gasteiger partial charge on any atom is 0.127 e. The minimum Gasteiger partial charge on any atom is -0.489 e. The summed E-state index contributed by atoms with van der Waals surface area (Å²) < 4.78 is 5.71. The molecule has 0 fully saturated rings. The highest BCUT2D eigenvalue weighted by molar-refractivity contribution is 5.62. The Bertz CT molecular complexity index is 383. The molecule has 80 valence electrons. The minimum absolute atomic E-state index is 0.335. The van der Waals surface area contributed by atoms with Gasteiger partial charge in [0.05, 0.1) is 0 Å². The summed E-state index contributed by atoms with van der Waals surface area (Å²) in [7, 11) is 0. The predicted molar refractivity (Wildman–Crippen MR) is 64.0 cm³/mol. The number of rotatable bonds is 1. The topological polar surface area (TPSA) is 9.23 Å². The van der Waals surface area contributed by atoms with E-state index in [-0.39, 0.29) is 0 Å². The summed E-state index contributed by atoms with van der Waals surface area (Å²) in [6.07, 6.45) is 3.37. The normalized spacial score (nSPS) is 15.3. The summed E-state index contributed by atoms with van der Waals surface area (Å²) in [5, 5.41) is 0. The third-order valence-corrected chi connectivity index (χ3v) is 2.45. The number of ether oxygens (including phenoxy) is 1. The molecule has 0 spiro atoms. The average molecular weight is 202 g/mol. The van der Waals surface area contributed by atoms with E-state index in [0.717, 1.165) is 18.8 Å². The number of hydrogen-bond donors (Lipinski definition) is 0. The molecule has 2 rings (SSSR count). The Morgan fingerprint density at radius 3 is 2.67 bits per heavy atom. The molecule has 0 saturated carbocycles. The molecular weight excluding hydrogens is 184 g/mol. The van der Waals surface area contributed by atoms with Crippen LogP contribution in [0, 0.1) is 5.41 Å². The quantitative estimate of drug-likeness (QED) is 0.671. The molecule has 1 aromatic rings. The van der Waals surface area contributed by atoms with E-state index in [2.05, 4.69) is 39.0 Å². The zero-order valence-electron chi connectivity index (χ0n) is 9.71. The van der Waals surface area contributed by atoms with Crippen molar-refractivity contribution in [3.05, 3.63) is 35.4 Å². The Hall–Kier alpha value is -1.24. The molecule has 0 radical (unpaired) electrons. The maximum absolute atomic E-state index is 5.71. The summed E-state index contributed by atoms with van der Waals surface area (Å²) >= 11 is 0. The van der Waals surface area contributed by atoms with Gasteiger partial charge in [-0.3, -0.25) is 0 Å². The second-order valence-corrected chi connectivity index (χ2v) is 5.37. The van der Waals surface area contributed by atoms with Gasteiger partial charge in [0.1, 0.15) is 12.4 Å². The van der Waals surface area contributed by atoms with E-state index < -0.39 is 0 Å². The van der Waals surface area contributed by atoms with Crippen molar-refractivity contribution in [2.45, 2.75) is 27.2 Å². The molecule has 15 heavy (non-hydrogen) atoms. The van der Waals surface area contributed by atoms with Crippen molar-refractivity contribution < 1.29 is 4.74 Å². The zero-order chi connectivity index (χ0) is 10.9. The van der Waals surface area contributed by atoms with E-state index in [1.165, 1.54) is 11.1 Å². The van der Waals surface area contributed by atoms with Crippen LogP contribution in [0.1, 0.15) is 32.8 Å². The van der Waals surface area contributed by atoms with Gasteiger partial charge in [-0.05, 0) is 29.6 Å². The van der Waals surface area contributed by atoms with Crippen molar-refractivity contribution in [1.82, 2.24) is 0 Å². The Morgan fingerprint density at radius 1 is 1.20 bits per heavy atom. The van der Waals surface area contributed by atoms with E-state index in [0.29, 0.717) is 5.41 Å². The van der Waals surface area contributed by atoms with Gasteiger partial charge in [-0.2, -0.15) is 0 Å². The molecule has 0 bridgehead atoms. The van der Waals surface area contributed by atoms with Gasteiger partial charge >= 0.3 is 0 Å². The zero-order valence-corrected chi connectivity index (χ0v) is 9.71. The molecule has 1 heterocycles. The lowest BCUT2D eigenvalue weighted by atomic mass is 9.87. The molecule has 0 aliphatic carbocycles. The van der Waals surface area contributed by atoms with Crippen LogP contribution in [0.25, 0.3) is 6.08 Å². The van der Waals surface area contributed by atoms with Crippen LogP contribution < -0.4 is 4.74 Å². The molecule has 1 heteroatoms. The van der Waals surface area contributed by atoms with Gasteiger partial charge in [0, 0.05) is 5.56 Å². The summed E-state index contributed by atoms with van der Waals surface area (Å²) in [5.41, 5.74) is 2.94. The molecule has 1 aromatic carbocycles. The Kier molecular flexibility index (Phi) is 2.56. The van der Waals surface area contributed by atoms with Crippen molar-refractivity contribution >= 4 is 6.08 Å². The van der Waals surface area contributed by atoms with Crippen molar-refractivity contribution in [3.8, 4) is 5.75 Å². The monoisotopic (exact) mass is 202 g/mol. The highest BCUT2D eigenvalue weighted by Gasteiger charge is 2.17. The van der Waals surface area contributed by atoms with Gasteiger partial charge < -0.3 is 4.74 Å². The van der Waals surface area contributed by atoms with Gasteiger partial charge in [0.25, 0.3) is 0 Å². The van der Waals surface area contributed by atoms with Crippen molar-refractivity contribution in [2.75, 3.05) is 6.61 Å². The van der Waals surface area contributed by atoms with Crippen LogP contribution >= 0.6 is 0 Å². The first-order valence-corrected chi connectivity index (χ1v) is 5.46. The SMILES string of the molecule is CC(C)(C)CC1=Cc2ccccc2OC1. The van der Waals surface area contributed by atoms with Crippen LogP contribution in [0.5, 0.6) is 5.75 Å². The Morgan fingerprint density at radius 2 is 1.93 bits per heavy atom. The van der Waals surface area contributed by atoms with Gasteiger partial charge in [0.2, 0.25) is 0 Å².